The molecule has 0 aliphatic carbocycles. The van der Waals surface area contributed by atoms with Crippen molar-refractivity contribution in [3.05, 3.63) is 35.4 Å². The van der Waals surface area contributed by atoms with Gasteiger partial charge in [-0.3, -0.25) is 4.21 Å². The molecule has 1 rings (SSSR count). The number of hydrogen-bond donors (Lipinski definition) is 1. The molecule has 0 spiro atoms. The third kappa shape index (κ3) is 5.63. The molecule has 2 nitrogen and oxygen atoms in total. The summed E-state index contributed by atoms with van der Waals surface area (Å²) in [6.45, 7) is 3.88. The lowest BCUT2D eigenvalue weighted by atomic mass is 10.0. The van der Waals surface area contributed by atoms with E-state index in [-0.39, 0.29) is 12.1 Å². The standard InChI is InChI=1S/C14H20F3NOS/c1-10(8-9-20(3)19)18-11(2)12-4-6-13(7-5-12)14(15,16)17/h4-7,10-11,18H,8-9H2,1-3H3. The summed E-state index contributed by atoms with van der Waals surface area (Å²) in [7, 11) is -0.824. The SMILES string of the molecule is CC(CCS(C)=O)NC(C)c1ccc(C(F)(F)F)cc1. The van der Waals surface area contributed by atoms with E-state index in [0.29, 0.717) is 5.75 Å². The minimum Gasteiger partial charge on any atom is -0.308 e. The van der Waals surface area contributed by atoms with E-state index in [1.807, 2.05) is 13.8 Å². The molecule has 0 saturated heterocycles. The summed E-state index contributed by atoms with van der Waals surface area (Å²) in [6, 6.07) is 5.29. The smallest absolute Gasteiger partial charge is 0.308 e. The fourth-order valence-electron chi connectivity index (χ4n) is 1.91. The highest BCUT2D eigenvalue weighted by molar-refractivity contribution is 7.84. The minimum atomic E-state index is -4.30. The van der Waals surface area contributed by atoms with E-state index >= 15 is 0 Å². The first-order valence-electron chi connectivity index (χ1n) is 6.43. The van der Waals surface area contributed by atoms with Crippen LogP contribution in [0.2, 0.25) is 0 Å². The van der Waals surface area contributed by atoms with Crippen LogP contribution in [0.3, 0.4) is 0 Å². The maximum absolute atomic E-state index is 12.5. The third-order valence-electron chi connectivity index (χ3n) is 3.11. The van der Waals surface area contributed by atoms with E-state index in [0.717, 1.165) is 24.1 Å². The number of halogens is 3. The molecule has 114 valence electrons. The second-order valence-electron chi connectivity index (χ2n) is 4.98. The van der Waals surface area contributed by atoms with Crippen molar-refractivity contribution in [3.63, 3.8) is 0 Å². The Hall–Kier alpha value is -0.880. The first-order valence-corrected chi connectivity index (χ1v) is 8.16. The summed E-state index contributed by atoms with van der Waals surface area (Å²) in [5.41, 5.74) is 0.172. The molecule has 6 heteroatoms. The van der Waals surface area contributed by atoms with Gasteiger partial charge in [0.1, 0.15) is 0 Å². The molecule has 0 saturated carbocycles. The van der Waals surface area contributed by atoms with Crippen molar-refractivity contribution in [2.45, 2.75) is 38.5 Å². The fourth-order valence-corrected chi connectivity index (χ4v) is 2.60. The van der Waals surface area contributed by atoms with Crippen LogP contribution in [0, 0.1) is 0 Å². The van der Waals surface area contributed by atoms with Crippen LogP contribution < -0.4 is 5.32 Å². The van der Waals surface area contributed by atoms with E-state index in [2.05, 4.69) is 5.32 Å². The fraction of sp³-hybridized carbons (Fsp3) is 0.571. The highest BCUT2D eigenvalue weighted by Gasteiger charge is 2.30. The third-order valence-corrected chi connectivity index (χ3v) is 3.92. The van der Waals surface area contributed by atoms with Gasteiger partial charge in [-0.25, -0.2) is 0 Å². The zero-order chi connectivity index (χ0) is 15.3. The van der Waals surface area contributed by atoms with Crippen LogP contribution in [0.5, 0.6) is 0 Å². The number of rotatable bonds is 6. The van der Waals surface area contributed by atoms with Gasteiger partial charge in [-0.1, -0.05) is 12.1 Å². The topological polar surface area (TPSA) is 29.1 Å². The van der Waals surface area contributed by atoms with Gasteiger partial charge in [0.15, 0.2) is 0 Å². The molecule has 20 heavy (non-hydrogen) atoms. The van der Waals surface area contributed by atoms with E-state index in [1.54, 1.807) is 6.26 Å². The first kappa shape index (κ1) is 17.2. The number of benzene rings is 1. The Bertz CT molecular complexity index is 445. The van der Waals surface area contributed by atoms with Crippen molar-refractivity contribution in [2.75, 3.05) is 12.0 Å². The van der Waals surface area contributed by atoms with Gasteiger partial charge in [-0.05, 0) is 38.0 Å². The van der Waals surface area contributed by atoms with Crippen molar-refractivity contribution >= 4 is 10.8 Å². The second kappa shape index (κ2) is 7.22. The molecule has 0 aliphatic heterocycles. The lowest BCUT2D eigenvalue weighted by Crippen LogP contribution is -2.30. The average Bonchev–Trinajstić information content (AvgIpc) is 2.35. The van der Waals surface area contributed by atoms with Crippen LogP contribution in [-0.2, 0) is 17.0 Å². The maximum Gasteiger partial charge on any atom is 0.416 e. The molecule has 0 radical (unpaired) electrons. The Morgan fingerprint density at radius 2 is 1.75 bits per heavy atom. The molecule has 1 N–H and O–H groups in total. The monoisotopic (exact) mass is 307 g/mol. The van der Waals surface area contributed by atoms with Gasteiger partial charge in [0, 0.05) is 34.9 Å². The summed E-state index contributed by atoms with van der Waals surface area (Å²) < 4.78 is 48.4. The zero-order valence-corrected chi connectivity index (χ0v) is 12.6. The molecule has 3 atom stereocenters. The minimum absolute atomic E-state index is 0.0439. The first-order chi connectivity index (χ1) is 9.20. The van der Waals surface area contributed by atoms with E-state index in [9.17, 15) is 17.4 Å². The maximum atomic E-state index is 12.5. The van der Waals surface area contributed by atoms with Crippen molar-refractivity contribution < 1.29 is 17.4 Å². The van der Waals surface area contributed by atoms with Crippen molar-refractivity contribution in [1.29, 1.82) is 0 Å². The van der Waals surface area contributed by atoms with E-state index in [1.165, 1.54) is 12.1 Å². The number of nitrogens with one attached hydrogen (secondary N) is 1. The zero-order valence-electron chi connectivity index (χ0n) is 11.8. The van der Waals surface area contributed by atoms with E-state index in [4.69, 9.17) is 0 Å². The van der Waals surface area contributed by atoms with Crippen LogP contribution in [-0.4, -0.2) is 22.3 Å². The van der Waals surface area contributed by atoms with Gasteiger partial charge < -0.3 is 5.32 Å². The summed E-state index contributed by atoms with van der Waals surface area (Å²) in [4.78, 5) is 0. The van der Waals surface area contributed by atoms with E-state index < -0.39 is 22.5 Å². The molecular weight excluding hydrogens is 287 g/mol. The van der Waals surface area contributed by atoms with Gasteiger partial charge in [0.25, 0.3) is 0 Å². The quantitative estimate of drug-likeness (QED) is 0.871. The highest BCUT2D eigenvalue weighted by atomic mass is 32.2. The van der Waals surface area contributed by atoms with Crippen LogP contribution in [0.1, 0.15) is 37.4 Å². The molecule has 0 amide bonds. The largest absolute Gasteiger partial charge is 0.416 e. The predicted octanol–water partition coefficient (Wildman–Crippen LogP) is 3.51. The molecule has 1 aromatic carbocycles. The highest BCUT2D eigenvalue weighted by Crippen LogP contribution is 2.29. The Labute approximate surface area is 120 Å². The van der Waals surface area contributed by atoms with Crippen LogP contribution >= 0.6 is 0 Å². The average molecular weight is 307 g/mol. The van der Waals surface area contributed by atoms with Crippen LogP contribution in [0.4, 0.5) is 13.2 Å². The van der Waals surface area contributed by atoms with Gasteiger partial charge >= 0.3 is 6.18 Å². The summed E-state index contributed by atoms with van der Waals surface area (Å²) in [6.07, 6.45) is -1.87. The Kier molecular flexibility index (Phi) is 6.20. The van der Waals surface area contributed by atoms with Gasteiger partial charge in [0.05, 0.1) is 5.56 Å². The van der Waals surface area contributed by atoms with Crippen molar-refractivity contribution in [2.24, 2.45) is 0 Å². The number of hydrogen-bond acceptors (Lipinski definition) is 2. The Morgan fingerprint density at radius 1 is 1.20 bits per heavy atom. The Balaban J connectivity index is 2.59. The molecule has 0 heterocycles. The number of alkyl halides is 3. The molecule has 0 aliphatic rings. The van der Waals surface area contributed by atoms with Crippen molar-refractivity contribution in [3.8, 4) is 0 Å². The second-order valence-corrected chi connectivity index (χ2v) is 6.53. The summed E-state index contributed by atoms with van der Waals surface area (Å²) in [5.74, 6) is 0.619. The summed E-state index contributed by atoms with van der Waals surface area (Å²) >= 11 is 0. The van der Waals surface area contributed by atoms with Gasteiger partial charge in [-0.15, -0.1) is 0 Å². The molecule has 0 bridgehead atoms. The normalized spacial score (nSPS) is 16.7. The lowest BCUT2D eigenvalue weighted by molar-refractivity contribution is -0.137. The van der Waals surface area contributed by atoms with Crippen molar-refractivity contribution in [1.82, 2.24) is 5.32 Å². The molecule has 0 aromatic heterocycles. The lowest BCUT2D eigenvalue weighted by Gasteiger charge is -2.20. The summed E-state index contributed by atoms with van der Waals surface area (Å²) in [5, 5.41) is 3.29. The molecular formula is C14H20F3NOS. The van der Waals surface area contributed by atoms with Gasteiger partial charge in [-0.2, -0.15) is 13.2 Å². The molecule has 0 fully saturated rings. The molecule has 1 aromatic rings. The van der Waals surface area contributed by atoms with Gasteiger partial charge in [0.2, 0.25) is 0 Å². The van der Waals surface area contributed by atoms with Crippen LogP contribution in [0.15, 0.2) is 24.3 Å². The van der Waals surface area contributed by atoms with Crippen LogP contribution in [0.25, 0.3) is 0 Å². The Morgan fingerprint density at radius 3 is 2.20 bits per heavy atom. The predicted molar refractivity (Wildman–Crippen MR) is 76.0 cm³/mol. The molecule has 3 unspecified atom stereocenters.